The van der Waals surface area contributed by atoms with Crippen molar-refractivity contribution in [1.82, 2.24) is 0 Å². The molecule has 3 nitrogen and oxygen atoms in total. The molecule has 0 fully saturated rings. The lowest BCUT2D eigenvalue weighted by Crippen LogP contribution is -2.06. The number of hydrogen-bond acceptors (Lipinski definition) is 3. The van der Waals surface area contributed by atoms with E-state index in [2.05, 4.69) is 4.74 Å². The van der Waals surface area contributed by atoms with E-state index >= 15 is 0 Å². The highest BCUT2D eigenvalue weighted by Gasteiger charge is 2.16. The molecule has 0 unspecified atom stereocenters. The van der Waals surface area contributed by atoms with E-state index in [1.54, 1.807) is 6.07 Å². The number of aromatic hydroxyl groups is 1. The number of benzene rings is 1. The zero-order chi connectivity index (χ0) is 11.4. The molecule has 82 valence electrons. The molecule has 1 aromatic carbocycles. The molecule has 0 radical (unpaired) electrons. The van der Waals surface area contributed by atoms with Crippen LogP contribution in [0.5, 0.6) is 5.75 Å². The molecule has 0 aliphatic rings. The van der Waals surface area contributed by atoms with E-state index < -0.39 is 5.97 Å². The first-order valence-electron chi connectivity index (χ1n) is 5.07. The van der Waals surface area contributed by atoms with Crippen LogP contribution in [-0.2, 0) is 17.6 Å². The van der Waals surface area contributed by atoms with Crippen LogP contribution in [0.25, 0.3) is 0 Å². The van der Waals surface area contributed by atoms with E-state index in [1.807, 2.05) is 19.9 Å². The highest BCUT2D eigenvalue weighted by atomic mass is 16.5. The van der Waals surface area contributed by atoms with Crippen molar-refractivity contribution in [2.24, 2.45) is 0 Å². The summed E-state index contributed by atoms with van der Waals surface area (Å²) in [6.07, 6.45) is 1.54. The number of rotatable bonds is 3. The van der Waals surface area contributed by atoms with Gasteiger partial charge in [0.25, 0.3) is 0 Å². The number of hydrogen-bond donors (Lipinski definition) is 1. The van der Waals surface area contributed by atoms with E-state index in [0.29, 0.717) is 6.42 Å². The molecule has 15 heavy (non-hydrogen) atoms. The maximum Gasteiger partial charge on any atom is 0.341 e. The van der Waals surface area contributed by atoms with Crippen molar-refractivity contribution in [1.29, 1.82) is 0 Å². The predicted molar refractivity (Wildman–Crippen MR) is 58.2 cm³/mol. The molecule has 0 spiro atoms. The molecule has 0 aliphatic heterocycles. The second-order valence-corrected chi connectivity index (χ2v) is 3.35. The first kappa shape index (κ1) is 11.6. The van der Waals surface area contributed by atoms with Crippen LogP contribution < -0.4 is 0 Å². The summed E-state index contributed by atoms with van der Waals surface area (Å²) in [5.41, 5.74) is 2.15. The highest BCUT2D eigenvalue weighted by molar-refractivity contribution is 5.94. The van der Waals surface area contributed by atoms with Crippen molar-refractivity contribution in [3.05, 3.63) is 28.8 Å². The van der Waals surface area contributed by atoms with Crippen molar-refractivity contribution >= 4 is 5.97 Å². The fourth-order valence-corrected chi connectivity index (χ4v) is 1.57. The fourth-order valence-electron chi connectivity index (χ4n) is 1.57. The van der Waals surface area contributed by atoms with E-state index in [1.165, 1.54) is 7.11 Å². The molecule has 0 atom stereocenters. The van der Waals surface area contributed by atoms with Gasteiger partial charge in [0.1, 0.15) is 11.3 Å². The normalized spacial score (nSPS) is 10.1. The third-order valence-corrected chi connectivity index (χ3v) is 2.44. The van der Waals surface area contributed by atoms with Crippen LogP contribution in [0, 0.1) is 0 Å². The second kappa shape index (κ2) is 4.82. The van der Waals surface area contributed by atoms with E-state index in [0.717, 1.165) is 17.5 Å². The average Bonchev–Trinajstić information content (AvgIpc) is 2.26. The number of phenols is 1. The fraction of sp³-hybridized carbons (Fsp3) is 0.417. The summed E-state index contributed by atoms with van der Waals surface area (Å²) < 4.78 is 4.63. The molecular weight excluding hydrogens is 192 g/mol. The highest BCUT2D eigenvalue weighted by Crippen LogP contribution is 2.25. The summed E-state index contributed by atoms with van der Waals surface area (Å²) in [7, 11) is 1.31. The van der Waals surface area contributed by atoms with Gasteiger partial charge < -0.3 is 9.84 Å². The van der Waals surface area contributed by atoms with Crippen molar-refractivity contribution < 1.29 is 14.6 Å². The van der Waals surface area contributed by atoms with Crippen molar-refractivity contribution in [2.45, 2.75) is 26.7 Å². The summed E-state index contributed by atoms with van der Waals surface area (Å²) in [6, 6.07) is 3.55. The Kier molecular flexibility index (Phi) is 3.72. The quantitative estimate of drug-likeness (QED) is 0.775. The minimum atomic E-state index is -0.480. The van der Waals surface area contributed by atoms with Gasteiger partial charge in [-0.3, -0.25) is 0 Å². The smallest absolute Gasteiger partial charge is 0.341 e. The van der Waals surface area contributed by atoms with Crippen molar-refractivity contribution in [3.8, 4) is 5.75 Å². The molecular formula is C12H16O3. The van der Waals surface area contributed by atoms with E-state index in [9.17, 15) is 9.90 Å². The number of carbonyl (C=O) groups excluding carboxylic acids is 1. The minimum absolute atomic E-state index is 0.0121. The monoisotopic (exact) mass is 208 g/mol. The first-order chi connectivity index (χ1) is 7.13. The Morgan fingerprint density at radius 2 is 2.00 bits per heavy atom. The predicted octanol–water partition coefficient (Wildman–Crippen LogP) is 2.30. The van der Waals surface area contributed by atoms with Crippen LogP contribution >= 0.6 is 0 Å². The Morgan fingerprint density at radius 3 is 2.47 bits per heavy atom. The average molecular weight is 208 g/mol. The number of carbonyl (C=O) groups is 1. The standard InChI is InChI=1S/C12H16O3/c1-4-8-6-9(5-2)11(10(13)7-8)12(14)15-3/h6-7,13H,4-5H2,1-3H3. The molecule has 1 rings (SSSR count). The van der Waals surface area contributed by atoms with Gasteiger partial charge in [-0.1, -0.05) is 19.9 Å². The zero-order valence-corrected chi connectivity index (χ0v) is 9.33. The SMILES string of the molecule is CCc1cc(O)c(C(=O)OC)c(CC)c1. The molecule has 1 aromatic rings. The van der Waals surface area contributed by atoms with Gasteiger partial charge in [-0.25, -0.2) is 4.79 Å². The summed E-state index contributed by atoms with van der Waals surface area (Å²) in [6.45, 7) is 3.95. The lowest BCUT2D eigenvalue weighted by Gasteiger charge is -2.10. The lowest BCUT2D eigenvalue weighted by molar-refractivity contribution is 0.0596. The van der Waals surface area contributed by atoms with Crippen LogP contribution in [0.2, 0.25) is 0 Å². The first-order valence-corrected chi connectivity index (χ1v) is 5.07. The maximum absolute atomic E-state index is 11.4. The third kappa shape index (κ3) is 2.29. The summed E-state index contributed by atoms with van der Waals surface area (Å²) in [5, 5.41) is 9.74. The maximum atomic E-state index is 11.4. The summed E-state index contributed by atoms with van der Waals surface area (Å²) in [4.78, 5) is 11.4. The van der Waals surface area contributed by atoms with Gasteiger partial charge in [-0.2, -0.15) is 0 Å². The molecule has 0 heterocycles. The number of phenolic OH excluding ortho intramolecular Hbond substituents is 1. The molecule has 0 saturated heterocycles. The molecule has 0 aliphatic carbocycles. The molecule has 0 aromatic heterocycles. The minimum Gasteiger partial charge on any atom is -0.507 e. The van der Waals surface area contributed by atoms with Crippen LogP contribution in [0.15, 0.2) is 12.1 Å². The summed E-state index contributed by atoms with van der Waals surface area (Å²) >= 11 is 0. The van der Waals surface area contributed by atoms with Crippen LogP contribution in [0.4, 0.5) is 0 Å². The number of ether oxygens (including phenoxy) is 1. The van der Waals surface area contributed by atoms with Crippen LogP contribution in [0.3, 0.4) is 0 Å². The van der Waals surface area contributed by atoms with E-state index in [-0.39, 0.29) is 11.3 Å². The molecule has 1 N–H and O–H groups in total. The van der Waals surface area contributed by atoms with Gasteiger partial charge in [0.2, 0.25) is 0 Å². The number of aryl methyl sites for hydroxylation is 2. The Hall–Kier alpha value is -1.51. The molecule has 0 bridgehead atoms. The topological polar surface area (TPSA) is 46.5 Å². The molecule has 3 heteroatoms. The Balaban J connectivity index is 3.30. The van der Waals surface area contributed by atoms with Gasteiger partial charge >= 0.3 is 5.97 Å². The van der Waals surface area contributed by atoms with Gasteiger partial charge in [0.15, 0.2) is 0 Å². The zero-order valence-electron chi connectivity index (χ0n) is 9.33. The lowest BCUT2D eigenvalue weighted by atomic mass is 9.99. The van der Waals surface area contributed by atoms with E-state index in [4.69, 9.17) is 0 Å². The molecule has 0 amide bonds. The Bertz CT molecular complexity index is 369. The largest absolute Gasteiger partial charge is 0.507 e. The van der Waals surface area contributed by atoms with Gasteiger partial charge in [-0.05, 0) is 30.0 Å². The third-order valence-electron chi connectivity index (χ3n) is 2.44. The van der Waals surface area contributed by atoms with Gasteiger partial charge in [0, 0.05) is 0 Å². The van der Waals surface area contributed by atoms with Gasteiger partial charge in [0.05, 0.1) is 7.11 Å². The van der Waals surface area contributed by atoms with Gasteiger partial charge in [-0.15, -0.1) is 0 Å². The number of esters is 1. The number of methoxy groups -OCH3 is 1. The Morgan fingerprint density at radius 1 is 1.33 bits per heavy atom. The van der Waals surface area contributed by atoms with Crippen LogP contribution in [0.1, 0.15) is 35.3 Å². The Labute approximate surface area is 89.7 Å². The van der Waals surface area contributed by atoms with Crippen molar-refractivity contribution in [2.75, 3.05) is 7.11 Å². The second-order valence-electron chi connectivity index (χ2n) is 3.35. The van der Waals surface area contributed by atoms with Crippen LogP contribution in [-0.4, -0.2) is 18.2 Å². The molecule has 0 saturated carbocycles. The summed E-state index contributed by atoms with van der Waals surface area (Å²) in [5.74, 6) is -0.468. The van der Waals surface area contributed by atoms with Crippen molar-refractivity contribution in [3.63, 3.8) is 0 Å².